The van der Waals surface area contributed by atoms with Crippen LogP contribution in [0.3, 0.4) is 0 Å². The minimum Gasteiger partial charge on any atom is -0.395 e. The Hall–Kier alpha value is -2.10. The van der Waals surface area contributed by atoms with Gasteiger partial charge in [0.25, 0.3) is 0 Å². The van der Waals surface area contributed by atoms with Gasteiger partial charge in [-0.25, -0.2) is 4.79 Å². The average molecular weight is 316 g/mol. The number of rotatable bonds is 5. The number of hydrogen-bond donors (Lipinski definition) is 3. The smallest absolute Gasteiger partial charge is 0.319 e. The van der Waals surface area contributed by atoms with Gasteiger partial charge in [-0.05, 0) is 44.0 Å². The number of nitrogens with one attached hydrogen (secondary N) is 2. The molecular formula is C17H24N4O2. The summed E-state index contributed by atoms with van der Waals surface area (Å²) in [5.41, 5.74) is 2.05. The van der Waals surface area contributed by atoms with Gasteiger partial charge in [0.1, 0.15) is 0 Å². The summed E-state index contributed by atoms with van der Waals surface area (Å²) in [6.07, 6.45) is 3.32. The highest BCUT2D eigenvalue weighted by atomic mass is 16.3. The number of nitrogens with zero attached hydrogens (tertiary/aromatic N) is 2. The number of amides is 2. The number of nitriles is 1. The van der Waals surface area contributed by atoms with E-state index in [1.807, 2.05) is 13.0 Å². The maximum Gasteiger partial charge on any atom is 0.319 e. The van der Waals surface area contributed by atoms with Crippen molar-refractivity contribution in [1.82, 2.24) is 10.2 Å². The number of benzene rings is 1. The molecular weight excluding hydrogens is 292 g/mol. The molecule has 1 fully saturated rings. The molecule has 1 aromatic carbocycles. The molecule has 2 amide bonds. The molecule has 0 bridgehead atoms. The van der Waals surface area contributed by atoms with E-state index in [2.05, 4.69) is 21.6 Å². The maximum absolute atomic E-state index is 11.9. The van der Waals surface area contributed by atoms with Gasteiger partial charge in [-0.1, -0.05) is 12.5 Å². The van der Waals surface area contributed by atoms with Crippen LogP contribution in [-0.4, -0.2) is 48.3 Å². The van der Waals surface area contributed by atoms with E-state index >= 15 is 0 Å². The number of aryl methyl sites for hydroxylation is 1. The minimum atomic E-state index is -0.282. The number of piperidine rings is 1. The van der Waals surface area contributed by atoms with Crippen LogP contribution in [0.5, 0.6) is 0 Å². The SMILES string of the molecule is Cc1ccc(NC(=O)NCCN2CCCC[C@@H]2CO)cc1C#N. The zero-order valence-electron chi connectivity index (χ0n) is 13.5. The molecule has 3 N–H and O–H groups in total. The molecule has 0 aliphatic carbocycles. The molecule has 1 atom stereocenters. The number of aliphatic hydroxyl groups is 1. The van der Waals surface area contributed by atoms with E-state index in [0.29, 0.717) is 17.8 Å². The van der Waals surface area contributed by atoms with Crippen LogP contribution in [0.1, 0.15) is 30.4 Å². The largest absolute Gasteiger partial charge is 0.395 e. The molecule has 23 heavy (non-hydrogen) atoms. The third kappa shape index (κ3) is 4.95. The molecule has 1 aliphatic heterocycles. The number of carbonyl (C=O) groups excluding carboxylic acids is 1. The first-order valence-corrected chi connectivity index (χ1v) is 8.04. The lowest BCUT2D eigenvalue weighted by atomic mass is 10.0. The fourth-order valence-corrected chi connectivity index (χ4v) is 2.87. The van der Waals surface area contributed by atoms with Crippen molar-refractivity contribution in [1.29, 1.82) is 5.26 Å². The summed E-state index contributed by atoms with van der Waals surface area (Å²) < 4.78 is 0. The van der Waals surface area contributed by atoms with Crippen LogP contribution in [0, 0.1) is 18.3 Å². The summed E-state index contributed by atoms with van der Waals surface area (Å²) in [4.78, 5) is 14.1. The molecule has 124 valence electrons. The molecule has 6 heteroatoms. The van der Waals surface area contributed by atoms with Gasteiger partial charge in [-0.2, -0.15) is 5.26 Å². The van der Waals surface area contributed by atoms with E-state index in [-0.39, 0.29) is 18.7 Å². The Balaban J connectivity index is 1.78. The summed E-state index contributed by atoms with van der Waals surface area (Å²) in [6.45, 7) is 4.26. The molecule has 6 nitrogen and oxygen atoms in total. The first kappa shape index (κ1) is 17.3. The summed E-state index contributed by atoms with van der Waals surface area (Å²) >= 11 is 0. The lowest BCUT2D eigenvalue weighted by Crippen LogP contribution is -2.46. The predicted molar refractivity (Wildman–Crippen MR) is 89.2 cm³/mol. The summed E-state index contributed by atoms with van der Waals surface area (Å²) in [5, 5.41) is 23.9. The van der Waals surface area contributed by atoms with Gasteiger partial charge >= 0.3 is 6.03 Å². The fraction of sp³-hybridized carbons (Fsp3) is 0.529. The van der Waals surface area contributed by atoms with Crippen molar-refractivity contribution >= 4 is 11.7 Å². The molecule has 0 radical (unpaired) electrons. The lowest BCUT2D eigenvalue weighted by molar-refractivity contribution is 0.0917. The van der Waals surface area contributed by atoms with Crippen molar-refractivity contribution in [2.24, 2.45) is 0 Å². The third-order valence-corrected chi connectivity index (χ3v) is 4.26. The van der Waals surface area contributed by atoms with Crippen LogP contribution >= 0.6 is 0 Å². The monoisotopic (exact) mass is 316 g/mol. The van der Waals surface area contributed by atoms with Crippen molar-refractivity contribution in [2.75, 3.05) is 31.6 Å². The second-order valence-corrected chi connectivity index (χ2v) is 5.89. The normalized spacial score (nSPS) is 18.2. The van der Waals surface area contributed by atoms with Gasteiger partial charge in [0.2, 0.25) is 0 Å². The first-order valence-electron chi connectivity index (χ1n) is 8.04. The van der Waals surface area contributed by atoms with Crippen LogP contribution in [0.2, 0.25) is 0 Å². The zero-order chi connectivity index (χ0) is 16.7. The zero-order valence-corrected chi connectivity index (χ0v) is 13.5. The average Bonchev–Trinajstić information content (AvgIpc) is 2.57. The van der Waals surface area contributed by atoms with E-state index < -0.39 is 0 Å². The Bertz CT molecular complexity index is 582. The first-order chi connectivity index (χ1) is 11.1. The molecule has 1 saturated heterocycles. The molecule has 0 unspecified atom stereocenters. The van der Waals surface area contributed by atoms with E-state index in [4.69, 9.17) is 5.26 Å². The van der Waals surface area contributed by atoms with Crippen LogP contribution < -0.4 is 10.6 Å². The van der Waals surface area contributed by atoms with Crippen LogP contribution in [0.4, 0.5) is 10.5 Å². The quantitative estimate of drug-likeness (QED) is 0.773. The fourth-order valence-electron chi connectivity index (χ4n) is 2.87. The topological polar surface area (TPSA) is 88.4 Å². The lowest BCUT2D eigenvalue weighted by Gasteiger charge is -2.34. The van der Waals surface area contributed by atoms with Crippen molar-refractivity contribution in [2.45, 2.75) is 32.2 Å². The van der Waals surface area contributed by atoms with Crippen LogP contribution in [0.25, 0.3) is 0 Å². The second kappa shape index (κ2) is 8.51. The molecule has 1 heterocycles. The number of carbonyl (C=O) groups is 1. The molecule has 0 saturated carbocycles. The molecule has 0 spiro atoms. The third-order valence-electron chi connectivity index (χ3n) is 4.26. The van der Waals surface area contributed by atoms with E-state index in [0.717, 1.165) is 37.9 Å². The van der Waals surface area contributed by atoms with Gasteiger partial charge in [-0.15, -0.1) is 0 Å². The standard InChI is InChI=1S/C17H24N4O2/c1-13-5-6-15(10-14(13)11-18)20-17(23)19-7-9-21-8-3-2-4-16(21)12-22/h5-6,10,16,22H,2-4,7-9,12H2,1H3,(H2,19,20,23)/t16-/m1/s1. The highest BCUT2D eigenvalue weighted by molar-refractivity contribution is 5.89. The Kier molecular flexibility index (Phi) is 6.39. The molecule has 1 aliphatic rings. The number of likely N-dealkylation sites (tertiary alicyclic amines) is 1. The maximum atomic E-state index is 11.9. The second-order valence-electron chi connectivity index (χ2n) is 5.89. The highest BCUT2D eigenvalue weighted by Crippen LogP contribution is 2.16. The number of anilines is 1. The van der Waals surface area contributed by atoms with Gasteiger partial charge in [0.05, 0.1) is 18.2 Å². The molecule has 1 aromatic rings. The summed E-state index contributed by atoms with van der Waals surface area (Å²) in [6, 6.07) is 7.30. The van der Waals surface area contributed by atoms with Gasteiger partial charge in [-0.3, -0.25) is 4.90 Å². The molecule has 0 aromatic heterocycles. The van der Waals surface area contributed by atoms with E-state index in [1.165, 1.54) is 0 Å². The van der Waals surface area contributed by atoms with Crippen molar-refractivity contribution in [3.8, 4) is 6.07 Å². The molecule has 2 rings (SSSR count). The summed E-state index contributed by atoms with van der Waals surface area (Å²) in [7, 11) is 0. The minimum absolute atomic E-state index is 0.173. The number of hydrogen-bond acceptors (Lipinski definition) is 4. The Morgan fingerprint density at radius 1 is 1.48 bits per heavy atom. The van der Waals surface area contributed by atoms with Crippen LogP contribution in [-0.2, 0) is 0 Å². The Morgan fingerprint density at radius 3 is 3.04 bits per heavy atom. The number of urea groups is 1. The van der Waals surface area contributed by atoms with Crippen molar-refractivity contribution < 1.29 is 9.90 Å². The predicted octanol–water partition coefficient (Wildman–Crippen LogP) is 1.83. The van der Waals surface area contributed by atoms with Crippen LogP contribution in [0.15, 0.2) is 18.2 Å². The van der Waals surface area contributed by atoms with E-state index in [1.54, 1.807) is 12.1 Å². The van der Waals surface area contributed by atoms with Gasteiger partial charge in [0, 0.05) is 24.8 Å². The van der Waals surface area contributed by atoms with Gasteiger partial charge < -0.3 is 15.7 Å². The Labute approximate surface area is 137 Å². The van der Waals surface area contributed by atoms with Crippen molar-refractivity contribution in [3.05, 3.63) is 29.3 Å². The number of aliphatic hydroxyl groups excluding tert-OH is 1. The summed E-state index contributed by atoms with van der Waals surface area (Å²) in [5.74, 6) is 0. The highest BCUT2D eigenvalue weighted by Gasteiger charge is 2.20. The van der Waals surface area contributed by atoms with E-state index in [9.17, 15) is 9.90 Å². The van der Waals surface area contributed by atoms with Crippen molar-refractivity contribution in [3.63, 3.8) is 0 Å². The van der Waals surface area contributed by atoms with Gasteiger partial charge in [0.15, 0.2) is 0 Å². The Morgan fingerprint density at radius 2 is 2.30 bits per heavy atom.